The first kappa shape index (κ1) is 11.6. The van der Waals surface area contributed by atoms with Crippen LogP contribution in [0, 0.1) is 25.7 Å². The number of methoxy groups -OCH3 is 1. The molecule has 2 nitrogen and oxygen atoms in total. The second-order valence-electron chi connectivity index (χ2n) is 3.17. The number of hydrogen-bond acceptors (Lipinski definition) is 2. The van der Waals surface area contributed by atoms with Gasteiger partial charge in [0.1, 0.15) is 0 Å². The van der Waals surface area contributed by atoms with E-state index >= 15 is 0 Å². The molecule has 0 N–H and O–H groups in total. The van der Waals surface area contributed by atoms with E-state index in [1.807, 2.05) is 26.0 Å². The molecule has 0 saturated heterocycles. The number of carbonyl (C=O) groups is 1. The Labute approximate surface area is 94.2 Å². The summed E-state index contributed by atoms with van der Waals surface area (Å²) in [5.74, 6) is 4.55. The molecule has 0 aliphatic heterocycles. The fraction of sp³-hybridized carbons (Fsp3) is 0.250. The molecule has 0 aliphatic rings. The molecule has 0 heterocycles. The van der Waals surface area contributed by atoms with Crippen molar-refractivity contribution in [3.8, 4) is 11.8 Å². The Morgan fingerprint density at radius 3 is 2.33 bits per heavy atom. The molecule has 0 spiro atoms. The molecule has 0 fully saturated rings. The van der Waals surface area contributed by atoms with Gasteiger partial charge in [0.25, 0.3) is 0 Å². The van der Waals surface area contributed by atoms with Crippen LogP contribution >= 0.6 is 11.6 Å². The molecule has 0 amide bonds. The Morgan fingerprint density at radius 2 is 1.87 bits per heavy atom. The standard InChI is InChI=1S/C12H11ClO2/c1-8-6-10(4-5-11(14)15-3)7-9(2)12(8)13/h6-7H,1-3H3. The SMILES string of the molecule is COC(=O)C#Cc1cc(C)c(Cl)c(C)c1. The van der Waals surface area contributed by atoms with Crippen LogP contribution in [0.2, 0.25) is 5.02 Å². The molecule has 78 valence electrons. The van der Waals surface area contributed by atoms with E-state index in [1.54, 1.807) is 0 Å². The number of benzene rings is 1. The predicted octanol–water partition coefficient (Wildman–Crippen LogP) is 2.48. The van der Waals surface area contributed by atoms with Gasteiger partial charge in [0.2, 0.25) is 0 Å². The van der Waals surface area contributed by atoms with Crippen LogP contribution in [0.25, 0.3) is 0 Å². The Bertz CT molecular complexity index is 429. The van der Waals surface area contributed by atoms with Crippen LogP contribution in [0.3, 0.4) is 0 Å². The lowest BCUT2D eigenvalue weighted by atomic mass is 10.1. The highest BCUT2D eigenvalue weighted by Gasteiger charge is 2.01. The van der Waals surface area contributed by atoms with Gasteiger partial charge < -0.3 is 4.74 Å². The van der Waals surface area contributed by atoms with E-state index in [1.165, 1.54) is 7.11 Å². The van der Waals surface area contributed by atoms with Crippen molar-refractivity contribution >= 4 is 17.6 Å². The summed E-state index contributed by atoms with van der Waals surface area (Å²) < 4.78 is 4.42. The summed E-state index contributed by atoms with van der Waals surface area (Å²) in [6.07, 6.45) is 0. The molecule has 1 aromatic carbocycles. The number of ether oxygens (including phenoxy) is 1. The monoisotopic (exact) mass is 222 g/mol. The van der Waals surface area contributed by atoms with E-state index in [-0.39, 0.29) is 0 Å². The van der Waals surface area contributed by atoms with Gasteiger partial charge in [0.15, 0.2) is 0 Å². The first-order valence-electron chi connectivity index (χ1n) is 4.41. The minimum Gasteiger partial charge on any atom is -0.459 e. The molecular formula is C12H11ClO2. The van der Waals surface area contributed by atoms with Crippen molar-refractivity contribution in [1.82, 2.24) is 0 Å². The van der Waals surface area contributed by atoms with E-state index < -0.39 is 5.97 Å². The summed E-state index contributed by atoms with van der Waals surface area (Å²) in [6, 6.07) is 3.68. The first-order valence-corrected chi connectivity index (χ1v) is 4.79. The molecular weight excluding hydrogens is 212 g/mol. The van der Waals surface area contributed by atoms with Crippen molar-refractivity contribution in [3.63, 3.8) is 0 Å². The van der Waals surface area contributed by atoms with Gasteiger partial charge in [-0.15, -0.1) is 0 Å². The average molecular weight is 223 g/mol. The lowest BCUT2D eigenvalue weighted by Gasteiger charge is -2.02. The van der Waals surface area contributed by atoms with Crippen molar-refractivity contribution in [2.45, 2.75) is 13.8 Å². The second kappa shape index (κ2) is 4.86. The second-order valence-corrected chi connectivity index (χ2v) is 3.54. The van der Waals surface area contributed by atoms with E-state index in [9.17, 15) is 4.79 Å². The molecule has 0 atom stereocenters. The van der Waals surface area contributed by atoms with Crippen molar-refractivity contribution in [1.29, 1.82) is 0 Å². The zero-order valence-electron chi connectivity index (χ0n) is 8.85. The van der Waals surface area contributed by atoms with Gasteiger partial charge in [-0.3, -0.25) is 0 Å². The third-order valence-corrected chi connectivity index (χ3v) is 2.53. The third-order valence-electron chi connectivity index (χ3n) is 1.93. The summed E-state index contributed by atoms with van der Waals surface area (Å²) in [5, 5.41) is 0.735. The maximum Gasteiger partial charge on any atom is 0.384 e. The predicted molar refractivity (Wildman–Crippen MR) is 59.8 cm³/mol. The van der Waals surface area contributed by atoms with Crippen molar-refractivity contribution in [2.75, 3.05) is 7.11 Å². The number of esters is 1. The summed E-state index contributed by atoms with van der Waals surface area (Å²) in [5.41, 5.74) is 2.66. The van der Waals surface area contributed by atoms with Gasteiger partial charge in [0.05, 0.1) is 7.11 Å². The molecule has 0 aliphatic carbocycles. The maximum atomic E-state index is 10.8. The molecule has 0 bridgehead atoms. The lowest BCUT2D eigenvalue weighted by Crippen LogP contribution is -1.94. The van der Waals surface area contributed by atoms with Gasteiger partial charge in [-0.2, -0.15) is 0 Å². The Morgan fingerprint density at radius 1 is 1.33 bits per heavy atom. The Balaban J connectivity index is 3.06. The van der Waals surface area contributed by atoms with E-state index in [4.69, 9.17) is 11.6 Å². The van der Waals surface area contributed by atoms with Crippen LogP contribution < -0.4 is 0 Å². The minimum atomic E-state index is -0.541. The third kappa shape index (κ3) is 3.00. The fourth-order valence-electron chi connectivity index (χ4n) is 1.19. The summed E-state index contributed by atoms with van der Waals surface area (Å²) in [4.78, 5) is 10.8. The highest BCUT2D eigenvalue weighted by molar-refractivity contribution is 6.32. The van der Waals surface area contributed by atoms with Crippen LogP contribution in [0.4, 0.5) is 0 Å². The molecule has 0 saturated carbocycles. The molecule has 3 heteroatoms. The molecule has 1 rings (SSSR count). The van der Waals surface area contributed by atoms with Crippen LogP contribution in [0.1, 0.15) is 16.7 Å². The molecule has 1 aromatic rings. The van der Waals surface area contributed by atoms with Gasteiger partial charge in [-0.1, -0.05) is 17.5 Å². The van der Waals surface area contributed by atoms with Crippen LogP contribution in [-0.2, 0) is 9.53 Å². The van der Waals surface area contributed by atoms with E-state index in [0.29, 0.717) is 0 Å². The largest absolute Gasteiger partial charge is 0.459 e. The number of aryl methyl sites for hydroxylation is 2. The summed E-state index contributed by atoms with van der Waals surface area (Å²) in [7, 11) is 1.30. The highest BCUT2D eigenvalue weighted by atomic mass is 35.5. The normalized spacial score (nSPS) is 9.07. The van der Waals surface area contributed by atoms with Crippen molar-refractivity contribution in [2.24, 2.45) is 0 Å². The summed E-state index contributed by atoms with van der Waals surface area (Å²) >= 11 is 6.00. The lowest BCUT2D eigenvalue weighted by molar-refractivity contribution is -0.133. The molecule has 15 heavy (non-hydrogen) atoms. The average Bonchev–Trinajstić information content (AvgIpc) is 2.22. The molecule has 0 aromatic heterocycles. The fourth-order valence-corrected chi connectivity index (χ4v) is 1.30. The number of hydrogen-bond donors (Lipinski definition) is 0. The number of halogens is 1. The smallest absolute Gasteiger partial charge is 0.384 e. The van der Waals surface area contributed by atoms with Crippen LogP contribution in [-0.4, -0.2) is 13.1 Å². The van der Waals surface area contributed by atoms with Crippen molar-refractivity contribution in [3.05, 3.63) is 33.8 Å². The zero-order valence-corrected chi connectivity index (χ0v) is 9.61. The van der Waals surface area contributed by atoms with Gasteiger partial charge in [0, 0.05) is 16.5 Å². The van der Waals surface area contributed by atoms with Gasteiger partial charge in [-0.25, -0.2) is 4.79 Å². The van der Waals surface area contributed by atoms with Crippen LogP contribution in [0.5, 0.6) is 0 Å². The quantitative estimate of drug-likeness (QED) is 0.498. The number of carbonyl (C=O) groups excluding carboxylic acids is 1. The first-order chi connectivity index (χ1) is 7.04. The summed E-state index contributed by atoms with van der Waals surface area (Å²) in [6.45, 7) is 3.80. The van der Waals surface area contributed by atoms with Crippen LogP contribution in [0.15, 0.2) is 12.1 Å². The number of rotatable bonds is 0. The zero-order chi connectivity index (χ0) is 11.4. The van der Waals surface area contributed by atoms with Crippen molar-refractivity contribution < 1.29 is 9.53 Å². The highest BCUT2D eigenvalue weighted by Crippen LogP contribution is 2.21. The molecule has 0 unspecified atom stereocenters. The van der Waals surface area contributed by atoms with Gasteiger partial charge in [-0.05, 0) is 37.1 Å². The Hall–Kier alpha value is -1.46. The van der Waals surface area contributed by atoms with E-state index in [0.717, 1.165) is 21.7 Å². The van der Waals surface area contributed by atoms with E-state index in [2.05, 4.69) is 16.6 Å². The van der Waals surface area contributed by atoms with Gasteiger partial charge >= 0.3 is 5.97 Å². The maximum absolute atomic E-state index is 10.8. The minimum absolute atomic E-state index is 0.541. The Kier molecular flexibility index (Phi) is 3.76. The topological polar surface area (TPSA) is 26.3 Å². The molecule has 0 radical (unpaired) electrons.